The van der Waals surface area contributed by atoms with E-state index < -0.39 is 22.9 Å². The molecular formula is C22H27F3N4O3. The van der Waals surface area contributed by atoms with E-state index in [9.17, 15) is 22.8 Å². The highest BCUT2D eigenvalue weighted by Gasteiger charge is 2.61. The van der Waals surface area contributed by atoms with Crippen molar-refractivity contribution in [2.45, 2.75) is 51.9 Å². The summed E-state index contributed by atoms with van der Waals surface area (Å²) in [6.07, 6.45) is -4.89. The molecule has 0 radical (unpaired) electrons. The van der Waals surface area contributed by atoms with Gasteiger partial charge in [0.15, 0.2) is 0 Å². The van der Waals surface area contributed by atoms with Gasteiger partial charge in [-0.25, -0.2) is 4.79 Å². The van der Waals surface area contributed by atoms with Crippen LogP contribution in [0.4, 0.5) is 18.0 Å². The molecule has 1 aliphatic carbocycles. The molecule has 2 aliphatic rings. The van der Waals surface area contributed by atoms with E-state index in [1.165, 1.54) is 6.07 Å². The molecule has 7 nitrogen and oxygen atoms in total. The molecule has 0 bridgehead atoms. The van der Waals surface area contributed by atoms with Gasteiger partial charge in [-0.1, -0.05) is 12.1 Å². The standard InChI is InChI=1S/C22H27F3N4O3/c1-20(2,3)32-19(31)29-9-12-13(10-29)15(12)18(30)26-21(4,5)17-11-7-6-8-14(22(23,24)25)16(11)27-28-17/h6-8,12-13,15H,9-10H2,1-5H3,(H,26,30)(H,27,28)/t12-,13+,15?. The smallest absolute Gasteiger partial charge is 0.418 e. The fourth-order valence-corrected chi connectivity index (χ4v) is 4.60. The Kier molecular flexibility index (Phi) is 4.98. The lowest BCUT2D eigenvalue weighted by molar-refractivity contribution is -0.136. The van der Waals surface area contributed by atoms with Crippen molar-refractivity contribution in [3.8, 4) is 0 Å². The third-order valence-electron chi connectivity index (χ3n) is 6.08. The molecule has 2 heterocycles. The van der Waals surface area contributed by atoms with Gasteiger partial charge in [-0.15, -0.1) is 0 Å². The van der Waals surface area contributed by atoms with E-state index in [4.69, 9.17) is 4.74 Å². The van der Waals surface area contributed by atoms with E-state index in [1.807, 2.05) is 0 Å². The highest BCUT2D eigenvalue weighted by atomic mass is 19.4. The van der Waals surface area contributed by atoms with Crippen molar-refractivity contribution in [3.05, 3.63) is 29.5 Å². The van der Waals surface area contributed by atoms with Crippen LogP contribution in [0.2, 0.25) is 0 Å². The van der Waals surface area contributed by atoms with Crippen molar-refractivity contribution in [1.29, 1.82) is 0 Å². The first-order valence-electron chi connectivity index (χ1n) is 10.5. The molecule has 1 aromatic carbocycles. The van der Waals surface area contributed by atoms with Crippen LogP contribution in [0.15, 0.2) is 18.2 Å². The summed E-state index contributed by atoms with van der Waals surface area (Å²) in [7, 11) is 0. The predicted molar refractivity (Wildman–Crippen MR) is 111 cm³/mol. The van der Waals surface area contributed by atoms with Crippen LogP contribution in [0, 0.1) is 17.8 Å². The van der Waals surface area contributed by atoms with Crippen LogP contribution in [-0.4, -0.2) is 45.8 Å². The number of rotatable bonds is 3. The second-order valence-corrected chi connectivity index (χ2v) is 10.2. The second kappa shape index (κ2) is 7.11. The van der Waals surface area contributed by atoms with Crippen LogP contribution in [0.1, 0.15) is 45.9 Å². The third-order valence-corrected chi connectivity index (χ3v) is 6.08. The Hall–Kier alpha value is -2.78. The molecule has 1 aliphatic heterocycles. The van der Waals surface area contributed by atoms with Crippen LogP contribution in [0.5, 0.6) is 0 Å². The summed E-state index contributed by atoms with van der Waals surface area (Å²) in [5.74, 6) is -0.293. The topological polar surface area (TPSA) is 87.3 Å². The molecule has 174 valence electrons. The molecule has 32 heavy (non-hydrogen) atoms. The molecule has 0 spiro atoms. The number of likely N-dealkylation sites (tertiary alicyclic amines) is 1. The van der Waals surface area contributed by atoms with Crippen LogP contribution < -0.4 is 5.32 Å². The summed E-state index contributed by atoms with van der Waals surface area (Å²) in [4.78, 5) is 26.8. The minimum absolute atomic E-state index is 0.0612. The molecule has 1 saturated carbocycles. The zero-order chi connectivity index (χ0) is 23.6. The number of carbonyl (C=O) groups excluding carboxylic acids is 2. The zero-order valence-corrected chi connectivity index (χ0v) is 18.6. The Morgan fingerprint density at radius 2 is 1.75 bits per heavy atom. The molecule has 4 rings (SSSR count). The Morgan fingerprint density at radius 3 is 2.31 bits per heavy atom. The molecule has 2 N–H and O–H groups in total. The van der Waals surface area contributed by atoms with Gasteiger partial charge < -0.3 is 15.0 Å². The summed E-state index contributed by atoms with van der Waals surface area (Å²) in [6, 6.07) is 3.89. The summed E-state index contributed by atoms with van der Waals surface area (Å²) in [6.45, 7) is 9.75. The van der Waals surface area contributed by atoms with Gasteiger partial charge in [0, 0.05) is 24.4 Å². The van der Waals surface area contributed by atoms with Crippen LogP contribution >= 0.6 is 0 Å². The summed E-state index contributed by atoms with van der Waals surface area (Å²) >= 11 is 0. The van der Waals surface area contributed by atoms with Crippen molar-refractivity contribution >= 4 is 22.9 Å². The Bertz CT molecular complexity index is 1060. The number of H-pyrrole nitrogens is 1. The van der Waals surface area contributed by atoms with Crippen LogP contribution in [-0.2, 0) is 21.2 Å². The lowest BCUT2D eigenvalue weighted by Crippen LogP contribution is -2.44. The zero-order valence-electron chi connectivity index (χ0n) is 18.6. The number of piperidine rings is 1. The first-order valence-corrected chi connectivity index (χ1v) is 10.5. The van der Waals surface area contributed by atoms with Crippen molar-refractivity contribution in [3.63, 3.8) is 0 Å². The number of amides is 2. The quantitative estimate of drug-likeness (QED) is 0.736. The lowest BCUT2D eigenvalue weighted by atomic mass is 9.95. The van der Waals surface area contributed by atoms with E-state index in [-0.39, 0.29) is 35.3 Å². The lowest BCUT2D eigenvalue weighted by Gasteiger charge is -2.27. The SMILES string of the molecule is CC(C)(C)OC(=O)N1C[C@@H]2C(C(=O)NC(C)(C)c3n[nH]c4c(C(F)(F)F)cccc34)[C@@H]2C1. The van der Waals surface area contributed by atoms with E-state index >= 15 is 0 Å². The second-order valence-electron chi connectivity index (χ2n) is 10.2. The van der Waals surface area contributed by atoms with E-state index in [0.717, 1.165) is 6.07 Å². The first kappa shape index (κ1) is 22.4. The number of nitrogens with one attached hydrogen (secondary N) is 2. The van der Waals surface area contributed by atoms with E-state index in [1.54, 1.807) is 45.6 Å². The van der Waals surface area contributed by atoms with Crippen LogP contribution in [0.3, 0.4) is 0 Å². The Labute approximate surface area is 183 Å². The number of hydrogen-bond donors (Lipinski definition) is 2. The molecule has 3 atom stereocenters. The number of halogens is 3. The number of aromatic nitrogens is 2. The van der Waals surface area contributed by atoms with Crippen molar-refractivity contribution in [2.24, 2.45) is 17.8 Å². The third kappa shape index (κ3) is 4.02. The minimum Gasteiger partial charge on any atom is -0.444 e. The van der Waals surface area contributed by atoms with Gasteiger partial charge in [0.25, 0.3) is 0 Å². The van der Waals surface area contributed by atoms with Crippen molar-refractivity contribution < 1.29 is 27.5 Å². The fraction of sp³-hybridized carbons (Fsp3) is 0.591. The molecular weight excluding hydrogens is 425 g/mol. The van der Waals surface area contributed by atoms with Crippen molar-refractivity contribution in [1.82, 2.24) is 20.4 Å². The Morgan fingerprint density at radius 1 is 1.12 bits per heavy atom. The number of ether oxygens (including phenoxy) is 1. The molecule has 1 saturated heterocycles. The predicted octanol–water partition coefficient (Wildman–Crippen LogP) is 4.05. The minimum atomic E-state index is -4.51. The van der Waals surface area contributed by atoms with Gasteiger partial charge in [-0.05, 0) is 52.5 Å². The van der Waals surface area contributed by atoms with Gasteiger partial charge in [0.1, 0.15) is 5.60 Å². The van der Waals surface area contributed by atoms with Gasteiger partial charge in [0.05, 0.1) is 22.3 Å². The highest BCUT2D eigenvalue weighted by Crippen LogP contribution is 2.52. The summed E-state index contributed by atoms with van der Waals surface area (Å²) in [5, 5.41) is 9.85. The number of carbonyl (C=O) groups is 2. The fourth-order valence-electron chi connectivity index (χ4n) is 4.60. The number of fused-ring (bicyclic) bond motifs is 2. The first-order chi connectivity index (χ1) is 14.7. The van der Waals surface area contributed by atoms with Gasteiger partial charge in [-0.3, -0.25) is 9.89 Å². The highest BCUT2D eigenvalue weighted by molar-refractivity contribution is 5.88. The number of para-hydroxylation sites is 1. The molecule has 10 heteroatoms. The van der Waals surface area contributed by atoms with Crippen molar-refractivity contribution in [2.75, 3.05) is 13.1 Å². The maximum Gasteiger partial charge on any atom is 0.418 e. The summed E-state index contributed by atoms with van der Waals surface area (Å²) in [5.41, 5.74) is -2.12. The maximum atomic E-state index is 13.3. The van der Waals surface area contributed by atoms with E-state index in [0.29, 0.717) is 24.2 Å². The summed E-state index contributed by atoms with van der Waals surface area (Å²) < 4.78 is 45.3. The van der Waals surface area contributed by atoms with Gasteiger partial charge in [0.2, 0.25) is 5.91 Å². The molecule has 2 amide bonds. The Balaban J connectivity index is 1.44. The number of aromatic amines is 1. The molecule has 2 aromatic rings. The average molecular weight is 452 g/mol. The number of benzene rings is 1. The number of alkyl halides is 3. The number of nitrogens with zero attached hydrogens (tertiary/aromatic N) is 2. The maximum absolute atomic E-state index is 13.3. The van der Waals surface area contributed by atoms with Crippen LogP contribution in [0.25, 0.3) is 10.9 Å². The van der Waals surface area contributed by atoms with Gasteiger partial charge in [-0.2, -0.15) is 18.3 Å². The average Bonchev–Trinajstić information content (AvgIpc) is 3.00. The van der Waals surface area contributed by atoms with Gasteiger partial charge >= 0.3 is 12.3 Å². The normalized spacial score (nSPS) is 23.2. The number of hydrogen-bond acceptors (Lipinski definition) is 4. The molecule has 2 fully saturated rings. The largest absolute Gasteiger partial charge is 0.444 e. The monoisotopic (exact) mass is 452 g/mol. The molecule has 1 aromatic heterocycles. The van der Waals surface area contributed by atoms with E-state index in [2.05, 4.69) is 15.5 Å². The molecule has 1 unspecified atom stereocenters.